The van der Waals surface area contributed by atoms with E-state index in [0.29, 0.717) is 11.6 Å². The third-order valence-electron chi connectivity index (χ3n) is 3.78. The molecule has 0 saturated carbocycles. The zero-order valence-electron chi connectivity index (χ0n) is 13.8. The summed E-state index contributed by atoms with van der Waals surface area (Å²) in [5.74, 6) is 0.795. The highest BCUT2D eigenvalue weighted by Gasteiger charge is 2.06. The number of benzene rings is 2. The predicted octanol–water partition coefficient (Wildman–Crippen LogP) is 6.01. The first-order valence-corrected chi connectivity index (χ1v) is 9.33. The molecule has 0 bridgehead atoms. The van der Waals surface area contributed by atoms with Crippen molar-refractivity contribution in [2.75, 3.05) is 0 Å². The third kappa shape index (κ3) is 3.93. The van der Waals surface area contributed by atoms with Crippen LogP contribution in [0.4, 0.5) is 0 Å². The second kappa shape index (κ2) is 7.68. The zero-order valence-corrected chi connectivity index (χ0v) is 15.4. The van der Waals surface area contributed by atoms with Crippen LogP contribution in [0.15, 0.2) is 72.9 Å². The molecule has 0 saturated heterocycles. The van der Waals surface area contributed by atoms with Crippen molar-refractivity contribution >= 4 is 44.3 Å². The van der Waals surface area contributed by atoms with Crippen LogP contribution in [-0.4, -0.2) is 9.97 Å². The molecule has 0 aliphatic carbocycles. The van der Waals surface area contributed by atoms with Crippen molar-refractivity contribution in [1.82, 2.24) is 9.97 Å². The Morgan fingerprint density at radius 2 is 1.81 bits per heavy atom. The minimum absolute atomic E-state index is 0.447. The molecule has 26 heavy (non-hydrogen) atoms. The number of ether oxygens (including phenoxy) is 1. The Morgan fingerprint density at radius 1 is 1.00 bits per heavy atom. The van der Waals surface area contributed by atoms with Crippen LogP contribution in [0.5, 0.6) is 5.75 Å². The van der Waals surface area contributed by atoms with Crippen molar-refractivity contribution in [3.8, 4) is 5.75 Å². The first kappa shape index (κ1) is 16.8. The Labute approximate surface area is 160 Å². The molecule has 0 fully saturated rings. The van der Waals surface area contributed by atoms with Crippen molar-refractivity contribution in [1.29, 1.82) is 0 Å². The van der Waals surface area contributed by atoms with E-state index >= 15 is 0 Å². The minimum Gasteiger partial charge on any atom is -0.487 e. The quantitative estimate of drug-likeness (QED) is 0.426. The largest absolute Gasteiger partial charge is 0.487 e. The number of rotatable bonds is 5. The van der Waals surface area contributed by atoms with Gasteiger partial charge >= 0.3 is 0 Å². The Hall–Kier alpha value is -2.69. The van der Waals surface area contributed by atoms with Gasteiger partial charge in [0, 0.05) is 6.20 Å². The average Bonchev–Trinajstić information content (AvgIpc) is 3.13. The fraction of sp³-hybridized carbons (Fsp3) is 0.0476. The normalized spacial score (nSPS) is 11.7. The summed E-state index contributed by atoms with van der Waals surface area (Å²) in [7, 11) is 0. The zero-order chi connectivity index (χ0) is 17.8. The van der Waals surface area contributed by atoms with E-state index in [1.165, 1.54) is 0 Å². The maximum atomic E-state index is 6.46. The lowest BCUT2D eigenvalue weighted by Crippen LogP contribution is -1.97. The van der Waals surface area contributed by atoms with Crippen LogP contribution >= 0.6 is 22.9 Å². The molecular formula is C21H15ClN2OS. The summed E-state index contributed by atoms with van der Waals surface area (Å²) in [6.45, 7) is 0.447. The number of pyridine rings is 1. The molecule has 0 radical (unpaired) electrons. The van der Waals surface area contributed by atoms with Crippen molar-refractivity contribution < 1.29 is 4.74 Å². The molecule has 0 unspecified atom stereocenters. The van der Waals surface area contributed by atoms with Crippen LogP contribution in [0.1, 0.15) is 16.3 Å². The highest BCUT2D eigenvalue weighted by molar-refractivity contribution is 7.20. The van der Waals surface area contributed by atoms with Crippen molar-refractivity contribution in [2.45, 2.75) is 6.61 Å². The lowest BCUT2D eigenvalue weighted by atomic mass is 10.2. The van der Waals surface area contributed by atoms with Gasteiger partial charge in [0.05, 0.1) is 20.9 Å². The lowest BCUT2D eigenvalue weighted by molar-refractivity contribution is 0.301. The summed E-state index contributed by atoms with van der Waals surface area (Å²) in [6, 6.07) is 21.6. The Morgan fingerprint density at radius 3 is 2.58 bits per heavy atom. The number of aromatic nitrogens is 2. The maximum Gasteiger partial charge on any atom is 0.136 e. The fourth-order valence-electron chi connectivity index (χ4n) is 2.48. The smallest absolute Gasteiger partial charge is 0.136 e. The highest BCUT2D eigenvalue weighted by atomic mass is 35.5. The predicted molar refractivity (Wildman–Crippen MR) is 108 cm³/mol. The molecule has 2 aromatic carbocycles. The number of hydrogen-bond acceptors (Lipinski definition) is 4. The van der Waals surface area contributed by atoms with Gasteiger partial charge in [-0.15, -0.1) is 11.3 Å². The fourth-order valence-corrected chi connectivity index (χ4v) is 3.64. The number of para-hydroxylation sites is 1. The topological polar surface area (TPSA) is 35.0 Å². The Kier molecular flexibility index (Phi) is 4.95. The Balaban J connectivity index is 1.46. The molecule has 0 atom stereocenters. The number of thiazole rings is 1. The molecule has 0 spiro atoms. The monoisotopic (exact) mass is 378 g/mol. The molecule has 128 valence electrons. The second-order valence-electron chi connectivity index (χ2n) is 5.66. The summed E-state index contributed by atoms with van der Waals surface area (Å²) in [6.07, 6.45) is 3.68. The minimum atomic E-state index is 0.447. The van der Waals surface area contributed by atoms with Crippen LogP contribution in [0.25, 0.3) is 21.3 Å². The summed E-state index contributed by atoms with van der Waals surface area (Å²) in [4.78, 5) is 8.82. The third-order valence-corrected chi connectivity index (χ3v) is 5.25. The van der Waals surface area contributed by atoms with E-state index in [9.17, 15) is 0 Å². The molecule has 3 nitrogen and oxygen atoms in total. The first-order valence-electron chi connectivity index (χ1n) is 8.14. The molecule has 2 heterocycles. The van der Waals surface area contributed by atoms with E-state index in [2.05, 4.69) is 9.97 Å². The average molecular weight is 379 g/mol. The number of hydrogen-bond donors (Lipinski definition) is 0. The summed E-state index contributed by atoms with van der Waals surface area (Å²) in [5, 5.41) is 1.46. The molecular weight excluding hydrogens is 364 g/mol. The lowest BCUT2D eigenvalue weighted by Gasteiger charge is -2.05. The van der Waals surface area contributed by atoms with Gasteiger partial charge in [0.2, 0.25) is 0 Å². The van der Waals surface area contributed by atoms with E-state index in [-0.39, 0.29) is 0 Å². The number of nitrogens with zero attached hydrogens (tertiary/aromatic N) is 2. The number of halogens is 1. The van der Waals surface area contributed by atoms with Crippen LogP contribution in [-0.2, 0) is 6.61 Å². The van der Waals surface area contributed by atoms with E-state index in [4.69, 9.17) is 16.3 Å². The van der Waals surface area contributed by atoms with E-state index in [0.717, 1.165) is 32.2 Å². The number of fused-ring (bicyclic) bond motifs is 1. The highest BCUT2D eigenvalue weighted by Crippen LogP contribution is 2.30. The van der Waals surface area contributed by atoms with E-state index < -0.39 is 0 Å². The standard InChI is InChI=1S/C21H15ClN2OS/c22-18(21-24-19-6-1-2-7-20(19)26-21)13-15-8-10-17(11-9-15)25-14-16-5-3-4-12-23-16/h1-13H,14H2/b18-13-. The molecule has 0 N–H and O–H groups in total. The molecule has 0 aliphatic rings. The first-order chi connectivity index (χ1) is 12.8. The van der Waals surface area contributed by atoms with Gasteiger partial charge in [-0.3, -0.25) is 4.98 Å². The van der Waals surface area contributed by atoms with Crippen molar-refractivity contribution in [2.24, 2.45) is 0 Å². The van der Waals surface area contributed by atoms with Gasteiger partial charge in [0.1, 0.15) is 17.4 Å². The summed E-state index contributed by atoms with van der Waals surface area (Å²) in [5.41, 5.74) is 2.87. The van der Waals surface area contributed by atoms with Crippen molar-refractivity contribution in [3.63, 3.8) is 0 Å². The van der Waals surface area contributed by atoms with Crippen LogP contribution in [0.2, 0.25) is 0 Å². The second-order valence-corrected chi connectivity index (χ2v) is 7.10. The maximum absolute atomic E-state index is 6.46. The van der Waals surface area contributed by atoms with E-state index in [1.54, 1.807) is 17.5 Å². The van der Waals surface area contributed by atoms with Crippen molar-refractivity contribution in [3.05, 3.63) is 89.2 Å². The molecule has 2 aromatic heterocycles. The summed E-state index contributed by atoms with van der Waals surface area (Å²) >= 11 is 8.05. The van der Waals surface area contributed by atoms with Gasteiger partial charge in [0.15, 0.2) is 0 Å². The van der Waals surface area contributed by atoms with Crippen LogP contribution in [0.3, 0.4) is 0 Å². The molecule has 4 rings (SSSR count). The van der Waals surface area contributed by atoms with Gasteiger partial charge < -0.3 is 4.74 Å². The van der Waals surface area contributed by atoms with Gasteiger partial charge in [-0.25, -0.2) is 4.98 Å². The molecule has 5 heteroatoms. The SMILES string of the molecule is Cl/C(=C\c1ccc(OCc2ccccn2)cc1)c1nc2ccccc2s1. The molecule has 0 amide bonds. The van der Waals surface area contributed by atoms with Crippen LogP contribution in [0, 0.1) is 0 Å². The molecule has 4 aromatic rings. The summed E-state index contributed by atoms with van der Waals surface area (Å²) < 4.78 is 6.88. The molecule has 0 aliphatic heterocycles. The van der Waals surface area contributed by atoms with Gasteiger partial charge in [-0.2, -0.15) is 0 Å². The van der Waals surface area contributed by atoms with E-state index in [1.807, 2.05) is 72.8 Å². The van der Waals surface area contributed by atoms with Gasteiger partial charge in [0.25, 0.3) is 0 Å². The van der Waals surface area contributed by atoms with Gasteiger partial charge in [-0.1, -0.05) is 41.9 Å². The van der Waals surface area contributed by atoms with Gasteiger partial charge in [-0.05, 0) is 48.0 Å². The Bertz CT molecular complexity index is 1010. The van der Waals surface area contributed by atoms with Crippen LogP contribution < -0.4 is 4.74 Å².